The van der Waals surface area contributed by atoms with Crippen molar-refractivity contribution in [3.63, 3.8) is 0 Å². The van der Waals surface area contributed by atoms with Crippen molar-refractivity contribution in [1.29, 1.82) is 0 Å². The number of ether oxygens (including phenoxy) is 2. The van der Waals surface area contributed by atoms with E-state index in [0.717, 1.165) is 24.0 Å². The molecule has 0 N–H and O–H groups in total. The molecule has 1 aliphatic heterocycles. The zero-order valence-corrected chi connectivity index (χ0v) is 13.0. The molecule has 4 nitrogen and oxygen atoms in total. The summed E-state index contributed by atoms with van der Waals surface area (Å²) in [6, 6.07) is 0. The lowest BCUT2D eigenvalue weighted by molar-refractivity contribution is -0.159. The lowest BCUT2D eigenvalue weighted by atomic mass is 9.81. The van der Waals surface area contributed by atoms with Crippen LogP contribution in [0.3, 0.4) is 0 Å². The van der Waals surface area contributed by atoms with E-state index in [1.165, 1.54) is 6.92 Å². The van der Waals surface area contributed by atoms with E-state index >= 15 is 0 Å². The second-order valence-corrected chi connectivity index (χ2v) is 6.73. The van der Waals surface area contributed by atoms with Gasteiger partial charge in [0.25, 0.3) is 0 Å². The van der Waals surface area contributed by atoms with Crippen molar-refractivity contribution in [2.24, 2.45) is 17.8 Å². The minimum atomic E-state index is -0.550. The molecule has 0 spiro atoms. The smallest absolute Gasteiger partial charge is 0.309 e. The van der Waals surface area contributed by atoms with E-state index in [1.54, 1.807) is 0 Å². The Hall–Kier alpha value is -1.58. The minimum Gasteiger partial charge on any atom is -0.459 e. The van der Waals surface area contributed by atoms with Crippen LogP contribution in [-0.2, 0) is 19.1 Å². The fraction of sp³-hybridized carbons (Fsp3) is 0.647. The van der Waals surface area contributed by atoms with Crippen LogP contribution in [0.2, 0.25) is 0 Å². The van der Waals surface area contributed by atoms with Gasteiger partial charge in [0.2, 0.25) is 0 Å². The molecule has 3 aliphatic rings. The van der Waals surface area contributed by atoms with Gasteiger partial charge in [-0.15, -0.1) is 0 Å². The van der Waals surface area contributed by atoms with Gasteiger partial charge in [-0.25, -0.2) is 0 Å². The van der Waals surface area contributed by atoms with E-state index in [1.807, 2.05) is 20.8 Å². The van der Waals surface area contributed by atoms with E-state index in [-0.39, 0.29) is 35.8 Å². The van der Waals surface area contributed by atoms with E-state index in [4.69, 9.17) is 9.47 Å². The standard InChI is InChI=1S/C17H22O4/c1-9-5-6-13-14(9)15-12(10(2)16(19)20-15)7-8-17(13,4)21-11(3)18/h5-6,10,12-13,15H,7-8H2,1-4H3/t10-,12-,13+,15-,17+/m0/s1. The molecule has 5 atom stereocenters. The summed E-state index contributed by atoms with van der Waals surface area (Å²) in [7, 11) is 0. The first-order valence-electron chi connectivity index (χ1n) is 7.62. The van der Waals surface area contributed by atoms with E-state index in [9.17, 15) is 9.59 Å². The third-order valence-corrected chi connectivity index (χ3v) is 5.29. The largest absolute Gasteiger partial charge is 0.459 e. The first-order valence-corrected chi connectivity index (χ1v) is 7.62. The number of rotatable bonds is 1. The van der Waals surface area contributed by atoms with E-state index in [0.29, 0.717) is 0 Å². The summed E-state index contributed by atoms with van der Waals surface area (Å²) in [5.74, 6) is -0.257. The summed E-state index contributed by atoms with van der Waals surface area (Å²) >= 11 is 0. The van der Waals surface area contributed by atoms with Crippen LogP contribution >= 0.6 is 0 Å². The molecule has 0 bridgehead atoms. The van der Waals surface area contributed by atoms with Crippen LogP contribution in [0.15, 0.2) is 23.3 Å². The monoisotopic (exact) mass is 290 g/mol. The Bertz CT molecular complexity index is 559. The number of hydrogen-bond acceptors (Lipinski definition) is 4. The zero-order chi connectivity index (χ0) is 15.4. The van der Waals surface area contributed by atoms with Gasteiger partial charge in [-0.1, -0.05) is 19.1 Å². The summed E-state index contributed by atoms with van der Waals surface area (Å²) < 4.78 is 11.3. The lowest BCUT2D eigenvalue weighted by Gasteiger charge is -2.34. The van der Waals surface area contributed by atoms with Crippen molar-refractivity contribution in [3.05, 3.63) is 23.3 Å². The molecule has 0 aromatic rings. The first-order chi connectivity index (χ1) is 9.83. The van der Waals surface area contributed by atoms with Crippen LogP contribution in [0.4, 0.5) is 0 Å². The van der Waals surface area contributed by atoms with Gasteiger partial charge in [-0.2, -0.15) is 0 Å². The summed E-state index contributed by atoms with van der Waals surface area (Å²) in [5, 5.41) is 0. The van der Waals surface area contributed by atoms with Gasteiger partial charge in [0.05, 0.1) is 5.92 Å². The SMILES string of the molecule is CC(=O)O[C@]1(C)CC[C@H]2[C@H](C)C(=O)O[C@@H]2C2=C(C)C=C[C@H]21. The van der Waals surface area contributed by atoms with Crippen LogP contribution in [-0.4, -0.2) is 23.6 Å². The highest BCUT2D eigenvalue weighted by molar-refractivity contribution is 5.76. The Morgan fingerprint density at radius 3 is 2.86 bits per heavy atom. The van der Waals surface area contributed by atoms with Crippen LogP contribution in [0.1, 0.15) is 40.5 Å². The zero-order valence-electron chi connectivity index (χ0n) is 13.0. The average Bonchev–Trinajstić information content (AvgIpc) is 2.85. The van der Waals surface area contributed by atoms with E-state index < -0.39 is 5.60 Å². The number of esters is 2. The normalized spacial score (nSPS) is 41.4. The highest BCUT2D eigenvalue weighted by Gasteiger charge is 2.53. The van der Waals surface area contributed by atoms with Crippen LogP contribution in [0.25, 0.3) is 0 Å². The van der Waals surface area contributed by atoms with Crippen molar-refractivity contribution >= 4 is 11.9 Å². The number of carbonyl (C=O) groups excluding carboxylic acids is 2. The molecule has 21 heavy (non-hydrogen) atoms. The van der Waals surface area contributed by atoms with Crippen LogP contribution in [0, 0.1) is 17.8 Å². The number of fused-ring (bicyclic) bond motifs is 3. The molecule has 114 valence electrons. The molecule has 1 heterocycles. The number of carbonyl (C=O) groups is 2. The third-order valence-electron chi connectivity index (χ3n) is 5.29. The van der Waals surface area contributed by atoms with Crippen LogP contribution in [0.5, 0.6) is 0 Å². The topological polar surface area (TPSA) is 52.6 Å². The maximum Gasteiger partial charge on any atom is 0.309 e. The van der Waals surface area contributed by atoms with Gasteiger partial charge < -0.3 is 9.47 Å². The summed E-state index contributed by atoms with van der Waals surface area (Å²) in [4.78, 5) is 23.5. The maximum absolute atomic E-state index is 11.9. The molecule has 2 aliphatic carbocycles. The van der Waals surface area contributed by atoms with Crippen molar-refractivity contribution in [3.8, 4) is 0 Å². The Morgan fingerprint density at radius 1 is 1.48 bits per heavy atom. The summed E-state index contributed by atoms with van der Waals surface area (Å²) in [6.45, 7) is 7.43. The molecular weight excluding hydrogens is 268 g/mol. The van der Waals surface area contributed by atoms with Gasteiger partial charge >= 0.3 is 11.9 Å². The molecule has 1 saturated heterocycles. The average molecular weight is 290 g/mol. The second-order valence-electron chi connectivity index (χ2n) is 6.73. The minimum absolute atomic E-state index is 0.00880. The molecule has 0 aromatic heterocycles. The van der Waals surface area contributed by atoms with Gasteiger partial charge in [0, 0.05) is 18.8 Å². The predicted molar refractivity (Wildman–Crippen MR) is 77.3 cm³/mol. The van der Waals surface area contributed by atoms with Crippen molar-refractivity contribution < 1.29 is 19.1 Å². The Labute approximate surface area is 125 Å². The molecule has 0 amide bonds. The molecule has 3 rings (SSSR count). The maximum atomic E-state index is 11.9. The lowest BCUT2D eigenvalue weighted by Crippen LogP contribution is -2.39. The van der Waals surface area contributed by atoms with Crippen molar-refractivity contribution in [2.75, 3.05) is 0 Å². The third kappa shape index (κ3) is 2.12. The molecule has 0 aromatic carbocycles. The van der Waals surface area contributed by atoms with Gasteiger partial charge in [0.1, 0.15) is 11.7 Å². The Kier molecular flexibility index (Phi) is 3.23. The summed E-state index contributed by atoms with van der Waals surface area (Å²) in [5.41, 5.74) is 1.71. The molecule has 2 fully saturated rings. The fourth-order valence-corrected chi connectivity index (χ4v) is 4.12. The quantitative estimate of drug-likeness (QED) is 0.697. The molecule has 0 unspecified atom stereocenters. The molecule has 4 heteroatoms. The molecular formula is C17H22O4. The number of hydrogen-bond donors (Lipinski definition) is 0. The van der Waals surface area contributed by atoms with Gasteiger partial charge in [-0.3, -0.25) is 9.59 Å². The van der Waals surface area contributed by atoms with Crippen molar-refractivity contribution in [1.82, 2.24) is 0 Å². The summed E-state index contributed by atoms with van der Waals surface area (Å²) in [6.07, 6.45) is 5.57. The molecule has 1 saturated carbocycles. The molecule has 0 radical (unpaired) electrons. The van der Waals surface area contributed by atoms with E-state index in [2.05, 4.69) is 12.2 Å². The number of allylic oxidation sites excluding steroid dienone is 2. The fourth-order valence-electron chi connectivity index (χ4n) is 4.12. The van der Waals surface area contributed by atoms with Crippen molar-refractivity contribution in [2.45, 2.75) is 52.2 Å². The highest BCUT2D eigenvalue weighted by atomic mass is 16.6. The second kappa shape index (κ2) is 4.72. The van der Waals surface area contributed by atoms with Crippen LogP contribution < -0.4 is 0 Å². The first kappa shape index (κ1) is 14.4. The van der Waals surface area contributed by atoms with Gasteiger partial charge in [-0.05, 0) is 37.8 Å². The highest BCUT2D eigenvalue weighted by Crippen LogP contribution is 2.50. The Balaban J connectivity index is 2.02. The van der Waals surface area contributed by atoms with Gasteiger partial charge in [0.15, 0.2) is 0 Å². The Morgan fingerprint density at radius 2 is 2.19 bits per heavy atom. The predicted octanol–water partition coefficient (Wildman–Crippen LogP) is 2.78.